The summed E-state index contributed by atoms with van der Waals surface area (Å²) >= 11 is 1.72. The molecule has 5 rings (SSSR count). The highest BCUT2D eigenvalue weighted by Crippen LogP contribution is 2.49. The number of para-hydroxylation sites is 2. The Morgan fingerprint density at radius 2 is 1.85 bits per heavy atom. The van der Waals surface area contributed by atoms with Crippen molar-refractivity contribution >= 4 is 28.6 Å². The molecule has 172 valence electrons. The van der Waals surface area contributed by atoms with Crippen LogP contribution < -0.4 is 9.64 Å². The van der Waals surface area contributed by atoms with Crippen molar-refractivity contribution in [1.29, 1.82) is 0 Å². The van der Waals surface area contributed by atoms with Crippen LogP contribution in [0.15, 0.2) is 54.0 Å². The zero-order chi connectivity index (χ0) is 22.8. The molecule has 1 fully saturated rings. The van der Waals surface area contributed by atoms with E-state index in [-0.39, 0.29) is 5.91 Å². The Morgan fingerprint density at radius 1 is 1.09 bits per heavy atom. The van der Waals surface area contributed by atoms with E-state index >= 15 is 0 Å². The van der Waals surface area contributed by atoms with Gasteiger partial charge >= 0.3 is 0 Å². The highest BCUT2D eigenvalue weighted by molar-refractivity contribution is 7.09. The van der Waals surface area contributed by atoms with Crippen molar-refractivity contribution in [3.05, 3.63) is 64.6 Å². The first-order valence-electron chi connectivity index (χ1n) is 11.8. The largest absolute Gasteiger partial charge is 0.453 e. The summed E-state index contributed by atoms with van der Waals surface area (Å²) < 4.78 is 6.30. The zero-order valence-electron chi connectivity index (χ0n) is 19.2. The third-order valence-electron chi connectivity index (χ3n) is 6.63. The first-order valence-corrected chi connectivity index (χ1v) is 12.7. The molecule has 33 heavy (non-hydrogen) atoms. The SMILES string of the molecule is CCN(CC)C(=O)c1ccc2c(c1)Oc1ccccc1N2C1CCN(Cc2nccs2)CC1. The average molecular weight is 463 g/mol. The lowest BCUT2D eigenvalue weighted by molar-refractivity contribution is 0.0772. The molecule has 7 heteroatoms. The molecule has 2 aliphatic heterocycles. The van der Waals surface area contributed by atoms with Crippen molar-refractivity contribution in [2.75, 3.05) is 31.1 Å². The minimum absolute atomic E-state index is 0.0484. The highest BCUT2D eigenvalue weighted by Gasteiger charge is 2.33. The maximum Gasteiger partial charge on any atom is 0.253 e. The normalized spacial score (nSPS) is 16.1. The smallest absolute Gasteiger partial charge is 0.253 e. The van der Waals surface area contributed by atoms with Gasteiger partial charge in [-0.1, -0.05) is 12.1 Å². The number of carbonyl (C=O) groups is 1. The van der Waals surface area contributed by atoms with E-state index in [1.54, 1.807) is 11.3 Å². The van der Waals surface area contributed by atoms with Gasteiger partial charge in [0.15, 0.2) is 11.5 Å². The van der Waals surface area contributed by atoms with Crippen LogP contribution in [0.1, 0.15) is 42.1 Å². The number of thiazole rings is 1. The maximum atomic E-state index is 12.9. The Labute approximate surface area is 199 Å². The van der Waals surface area contributed by atoms with Gasteiger partial charge in [0.25, 0.3) is 5.91 Å². The lowest BCUT2D eigenvalue weighted by Crippen LogP contribution is -2.43. The molecular formula is C26H30N4O2S. The van der Waals surface area contributed by atoms with Crippen LogP contribution in [0, 0.1) is 0 Å². The molecule has 0 unspecified atom stereocenters. The lowest BCUT2D eigenvalue weighted by Gasteiger charge is -2.42. The van der Waals surface area contributed by atoms with Crippen LogP contribution in [0.4, 0.5) is 11.4 Å². The number of piperidine rings is 1. The minimum Gasteiger partial charge on any atom is -0.453 e. The van der Waals surface area contributed by atoms with Gasteiger partial charge in [0.2, 0.25) is 0 Å². The number of anilines is 2. The van der Waals surface area contributed by atoms with Crippen molar-refractivity contribution in [3.8, 4) is 11.5 Å². The molecule has 0 radical (unpaired) electrons. The van der Waals surface area contributed by atoms with Crippen molar-refractivity contribution < 1.29 is 9.53 Å². The summed E-state index contributed by atoms with van der Waals surface area (Å²) in [6.07, 6.45) is 4.02. The second-order valence-corrected chi connectivity index (χ2v) is 9.51. The number of hydrogen-bond donors (Lipinski definition) is 0. The first-order chi connectivity index (χ1) is 16.2. The zero-order valence-corrected chi connectivity index (χ0v) is 20.1. The van der Waals surface area contributed by atoms with Crippen molar-refractivity contribution in [1.82, 2.24) is 14.8 Å². The fourth-order valence-electron chi connectivity index (χ4n) is 4.86. The summed E-state index contributed by atoms with van der Waals surface area (Å²) in [5, 5.41) is 3.23. The van der Waals surface area contributed by atoms with E-state index < -0.39 is 0 Å². The third kappa shape index (κ3) is 4.35. The molecule has 1 saturated heterocycles. The molecule has 1 aromatic heterocycles. The molecule has 3 aromatic rings. The molecule has 0 aliphatic carbocycles. The third-order valence-corrected chi connectivity index (χ3v) is 7.39. The quantitative estimate of drug-likeness (QED) is 0.482. The Kier molecular flexibility index (Phi) is 6.33. The summed E-state index contributed by atoms with van der Waals surface area (Å²) in [4.78, 5) is 24.1. The number of aromatic nitrogens is 1. The van der Waals surface area contributed by atoms with Gasteiger partial charge in [-0.2, -0.15) is 0 Å². The number of hydrogen-bond acceptors (Lipinski definition) is 6. The van der Waals surface area contributed by atoms with Crippen LogP contribution in [-0.4, -0.2) is 52.9 Å². The van der Waals surface area contributed by atoms with Crippen LogP contribution in [-0.2, 0) is 6.54 Å². The number of carbonyl (C=O) groups excluding carboxylic acids is 1. The molecule has 2 aliphatic rings. The molecule has 1 amide bonds. The van der Waals surface area contributed by atoms with E-state index in [1.807, 2.05) is 54.6 Å². The summed E-state index contributed by atoms with van der Waals surface area (Å²) in [6.45, 7) is 8.42. The summed E-state index contributed by atoms with van der Waals surface area (Å²) in [5.74, 6) is 1.66. The number of ether oxygens (including phenoxy) is 1. The van der Waals surface area contributed by atoms with E-state index in [0.29, 0.717) is 24.7 Å². The average Bonchev–Trinajstić information content (AvgIpc) is 3.36. The lowest BCUT2D eigenvalue weighted by atomic mass is 9.99. The summed E-state index contributed by atoms with van der Waals surface area (Å²) in [7, 11) is 0. The fourth-order valence-corrected chi connectivity index (χ4v) is 5.52. The first kappa shape index (κ1) is 21.9. The van der Waals surface area contributed by atoms with Crippen molar-refractivity contribution in [3.63, 3.8) is 0 Å². The van der Waals surface area contributed by atoms with Crippen LogP contribution in [0.25, 0.3) is 0 Å². The van der Waals surface area contributed by atoms with Gasteiger partial charge in [-0.05, 0) is 57.0 Å². The number of likely N-dealkylation sites (tertiary alicyclic amines) is 1. The van der Waals surface area contributed by atoms with Crippen molar-refractivity contribution in [2.24, 2.45) is 0 Å². The van der Waals surface area contributed by atoms with E-state index in [0.717, 1.165) is 55.3 Å². The topological polar surface area (TPSA) is 48.9 Å². The maximum absolute atomic E-state index is 12.9. The second-order valence-electron chi connectivity index (χ2n) is 8.53. The molecule has 0 spiro atoms. The molecule has 0 bridgehead atoms. The van der Waals surface area contributed by atoms with Crippen LogP contribution in [0.3, 0.4) is 0 Å². The monoisotopic (exact) mass is 462 g/mol. The number of fused-ring (bicyclic) bond motifs is 2. The molecule has 2 aromatic carbocycles. The van der Waals surface area contributed by atoms with Gasteiger partial charge in [0, 0.05) is 49.4 Å². The number of amides is 1. The van der Waals surface area contributed by atoms with Gasteiger partial charge in [-0.3, -0.25) is 9.69 Å². The summed E-state index contributed by atoms with van der Waals surface area (Å²) in [5.41, 5.74) is 2.82. The standard InChI is InChI=1S/C26H30N4O2S/c1-3-29(4-2)26(31)19-9-10-22-24(17-19)32-23-8-6-5-7-21(23)30(22)20-11-14-28(15-12-20)18-25-27-13-16-33-25/h5-10,13,16-17,20H,3-4,11-12,14-15,18H2,1-2H3. The number of benzene rings is 2. The Balaban J connectivity index is 1.41. The number of nitrogens with zero attached hydrogens (tertiary/aromatic N) is 4. The van der Waals surface area contributed by atoms with Crippen molar-refractivity contribution in [2.45, 2.75) is 39.3 Å². The van der Waals surface area contributed by atoms with E-state index in [2.05, 4.69) is 33.0 Å². The molecular weight excluding hydrogens is 432 g/mol. The van der Waals surface area contributed by atoms with Gasteiger partial charge < -0.3 is 14.5 Å². The fraction of sp³-hybridized carbons (Fsp3) is 0.385. The molecule has 6 nitrogen and oxygen atoms in total. The van der Waals surface area contributed by atoms with E-state index in [4.69, 9.17) is 4.74 Å². The summed E-state index contributed by atoms with van der Waals surface area (Å²) in [6, 6.07) is 14.5. The predicted octanol–water partition coefficient (Wildman–Crippen LogP) is 5.53. The predicted molar refractivity (Wildman–Crippen MR) is 133 cm³/mol. The van der Waals surface area contributed by atoms with Crippen LogP contribution in [0.2, 0.25) is 0 Å². The highest BCUT2D eigenvalue weighted by atomic mass is 32.1. The van der Waals surface area contributed by atoms with E-state index in [9.17, 15) is 4.79 Å². The second kappa shape index (κ2) is 9.53. The van der Waals surface area contributed by atoms with Gasteiger partial charge in [0.1, 0.15) is 5.01 Å². The van der Waals surface area contributed by atoms with Crippen LogP contribution >= 0.6 is 11.3 Å². The van der Waals surface area contributed by atoms with Gasteiger partial charge in [-0.15, -0.1) is 11.3 Å². The molecule has 3 heterocycles. The van der Waals surface area contributed by atoms with Gasteiger partial charge in [0.05, 0.1) is 17.9 Å². The number of rotatable bonds is 6. The molecule has 0 atom stereocenters. The molecule has 0 N–H and O–H groups in total. The van der Waals surface area contributed by atoms with Gasteiger partial charge in [-0.25, -0.2) is 4.98 Å². The van der Waals surface area contributed by atoms with E-state index in [1.165, 1.54) is 5.01 Å². The molecule has 0 saturated carbocycles. The Hall–Kier alpha value is -2.90. The Bertz CT molecular complexity index is 1110. The van der Waals surface area contributed by atoms with Crippen LogP contribution in [0.5, 0.6) is 11.5 Å². The Morgan fingerprint density at radius 3 is 2.58 bits per heavy atom. The minimum atomic E-state index is 0.0484.